The molecule has 3 aliphatic rings. The van der Waals surface area contributed by atoms with Crippen LogP contribution in [0.15, 0.2) is 29.1 Å². The van der Waals surface area contributed by atoms with Crippen molar-refractivity contribution in [1.29, 1.82) is 5.26 Å². The molecule has 2 fully saturated rings. The number of nitriles is 1. The van der Waals surface area contributed by atoms with Gasteiger partial charge in [-0.25, -0.2) is 0 Å². The van der Waals surface area contributed by atoms with Crippen LogP contribution in [-0.4, -0.2) is 76.1 Å². The van der Waals surface area contributed by atoms with E-state index < -0.39 is 6.04 Å². The van der Waals surface area contributed by atoms with E-state index in [0.717, 1.165) is 56.1 Å². The van der Waals surface area contributed by atoms with Crippen LogP contribution in [0.4, 0.5) is 0 Å². The zero-order valence-electron chi connectivity index (χ0n) is 19.7. The molecule has 174 valence electrons. The van der Waals surface area contributed by atoms with Gasteiger partial charge in [0.2, 0.25) is 5.91 Å². The second-order valence-electron chi connectivity index (χ2n) is 9.93. The minimum atomic E-state index is -0.442. The Kier molecular flexibility index (Phi) is 5.63. The highest BCUT2D eigenvalue weighted by molar-refractivity contribution is 5.81. The van der Waals surface area contributed by atoms with Gasteiger partial charge >= 0.3 is 0 Å². The van der Waals surface area contributed by atoms with E-state index in [1.54, 1.807) is 10.6 Å². The molecule has 8 nitrogen and oxygen atoms in total. The lowest BCUT2D eigenvalue weighted by Gasteiger charge is -2.47. The third kappa shape index (κ3) is 3.79. The van der Waals surface area contributed by atoms with Crippen molar-refractivity contribution in [2.75, 3.05) is 46.3 Å². The zero-order valence-corrected chi connectivity index (χ0v) is 19.7. The van der Waals surface area contributed by atoms with Crippen LogP contribution in [0, 0.1) is 24.2 Å². The Morgan fingerprint density at radius 3 is 2.61 bits per heavy atom. The number of hydrogen-bond donors (Lipinski definition) is 0. The average molecular weight is 449 g/mol. The van der Waals surface area contributed by atoms with Crippen LogP contribution in [0.5, 0.6) is 0 Å². The van der Waals surface area contributed by atoms with Gasteiger partial charge in [0.05, 0.1) is 0 Å². The number of hydrogen-bond acceptors (Lipinski definition) is 5. The first kappa shape index (κ1) is 21.9. The molecule has 0 N–H and O–H groups in total. The summed E-state index contributed by atoms with van der Waals surface area (Å²) >= 11 is 0. The Labute approximate surface area is 194 Å². The number of likely N-dealkylation sites (N-methyl/N-ethyl adjacent to an activating group) is 1. The minimum absolute atomic E-state index is 0.0688. The maximum Gasteiger partial charge on any atom is 0.251 e. The average Bonchev–Trinajstić information content (AvgIpc) is 3.08. The predicted octanol–water partition coefficient (Wildman–Crippen LogP) is 1.30. The number of fused-ring (bicyclic) bond motifs is 4. The Hall–Kier alpha value is -2.89. The molecular weight excluding hydrogens is 416 g/mol. The maximum atomic E-state index is 13.8. The smallest absolute Gasteiger partial charge is 0.251 e. The van der Waals surface area contributed by atoms with Crippen LogP contribution < -0.4 is 5.56 Å². The first-order chi connectivity index (χ1) is 15.9. The molecule has 2 bridgehead atoms. The first-order valence-corrected chi connectivity index (χ1v) is 11.8. The second-order valence-corrected chi connectivity index (χ2v) is 9.93. The monoisotopic (exact) mass is 448 g/mol. The summed E-state index contributed by atoms with van der Waals surface area (Å²) in [6.07, 6.45) is 0.932. The molecule has 3 aliphatic heterocycles. The Bertz CT molecular complexity index is 1170. The van der Waals surface area contributed by atoms with E-state index in [9.17, 15) is 14.9 Å². The summed E-state index contributed by atoms with van der Waals surface area (Å²) < 4.78 is 3.74. The normalized spacial score (nSPS) is 25.5. The van der Waals surface area contributed by atoms with Crippen LogP contribution in [-0.2, 0) is 18.4 Å². The molecule has 0 radical (unpaired) electrons. The molecule has 0 aromatic carbocycles. The van der Waals surface area contributed by atoms with Gasteiger partial charge in [0, 0.05) is 82.2 Å². The molecule has 0 saturated carbocycles. The fourth-order valence-corrected chi connectivity index (χ4v) is 5.96. The topological polar surface area (TPSA) is 77.5 Å². The highest BCUT2D eigenvalue weighted by Gasteiger charge is 2.45. The fraction of sp³-hybridized carbons (Fsp3) is 0.560. The summed E-state index contributed by atoms with van der Waals surface area (Å²) in [5.74, 6) is 0.419. The van der Waals surface area contributed by atoms with Crippen LogP contribution in [0.3, 0.4) is 0 Å². The lowest BCUT2D eigenvalue weighted by Crippen LogP contribution is -2.56. The van der Waals surface area contributed by atoms with Gasteiger partial charge in [0.15, 0.2) is 0 Å². The third-order valence-corrected chi connectivity index (χ3v) is 7.94. The molecule has 0 spiro atoms. The number of carbonyl (C=O) groups excluding carboxylic acids is 1. The number of pyridine rings is 1. The van der Waals surface area contributed by atoms with Crippen LogP contribution in [0.1, 0.15) is 41.0 Å². The molecule has 5 heterocycles. The van der Waals surface area contributed by atoms with Gasteiger partial charge in [-0.15, -0.1) is 0 Å². The molecule has 8 heteroatoms. The third-order valence-electron chi connectivity index (χ3n) is 7.94. The van der Waals surface area contributed by atoms with Crippen LogP contribution >= 0.6 is 0 Å². The number of nitrogens with zero attached hydrogens (tertiary/aromatic N) is 6. The maximum absolute atomic E-state index is 13.8. The highest BCUT2D eigenvalue weighted by atomic mass is 16.2. The number of rotatable bonds is 3. The van der Waals surface area contributed by atoms with Gasteiger partial charge in [-0.1, -0.05) is 6.07 Å². The minimum Gasteiger partial charge on any atom is -0.340 e. The van der Waals surface area contributed by atoms with E-state index >= 15 is 0 Å². The van der Waals surface area contributed by atoms with Gasteiger partial charge in [-0.2, -0.15) is 5.26 Å². The van der Waals surface area contributed by atoms with Gasteiger partial charge in [-0.05, 0) is 38.1 Å². The van der Waals surface area contributed by atoms with Gasteiger partial charge < -0.3 is 14.4 Å². The number of piperidine rings is 1. The molecule has 5 rings (SSSR count). The first-order valence-electron chi connectivity index (χ1n) is 11.8. The van der Waals surface area contributed by atoms with Crippen molar-refractivity contribution < 1.29 is 4.79 Å². The Morgan fingerprint density at radius 2 is 1.91 bits per heavy atom. The van der Waals surface area contributed by atoms with Crippen LogP contribution in [0.2, 0.25) is 0 Å². The lowest BCUT2D eigenvalue weighted by molar-refractivity contribution is -0.140. The van der Waals surface area contributed by atoms with E-state index in [-0.39, 0.29) is 23.3 Å². The molecule has 2 saturated heterocycles. The molecule has 2 aromatic rings. The summed E-state index contributed by atoms with van der Waals surface area (Å²) in [5, 5.41) is 9.40. The van der Waals surface area contributed by atoms with Gasteiger partial charge in [-0.3, -0.25) is 19.1 Å². The predicted molar refractivity (Wildman–Crippen MR) is 125 cm³/mol. The van der Waals surface area contributed by atoms with E-state index in [4.69, 9.17) is 0 Å². The van der Waals surface area contributed by atoms with Crippen molar-refractivity contribution in [3.8, 4) is 6.07 Å². The molecule has 0 unspecified atom stereocenters. The van der Waals surface area contributed by atoms with Crippen LogP contribution in [0.25, 0.3) is 0 Å². The standard InChI is InChI=1S/C25H32N6O2/c1-17-18(12-21(13-26)28(17)3)14-29-15-19-11-20(16-29)24(31-22(19)5-4-6-23(31)32)25(33)30-9-7-27(2)8-10-30/h4-6,12,19-20,24H,7-11,14-16H2,1-3H3/t19-,20+,24+/m0/s1. The van der Waals surface area contributed by atoms with Gasteiger partial charge in [0.1, 0.15) is 17.8 Å². The zero-order chi connectivity index (χ0) is 23.3. The SMILES string of the molecule is Cc1c(CN2C[C@@H]3C[C@H](C2)[C@H](C(=O)N2CCN(C)CC2)n2c3cccc2=O)cc(C#N)n1C. The summed E-state index contributed by atoms with van der Waals surface area (Å²) in [4.78, 5) is 33.3. The van der Waals surface area contributed by atoms with Crippen molar-refractivity contribution in [1.82, 2.24) is 23.8 Å². The summed E-state index contributed by atoms with van der Waals surface area (Å²) in [7, 11) is 4.00. The molecule has 0 aliphatic carbocycles. The number of piperazine rings is 1. The van der Waals surface area contributed by atoms with Crippen molar-refractivity contribution in [2.45, 2.75) is 31.8 Å². The van der Waals surface area contributed by atoms with Crippen molar-refractivity contribution in [2.24, 2.45) is 13.0 Å². The van der Waals surface area contributed by atoms with E-state index in [0.29, 0.717) is 18.8 Å². The number of carbonyl (C=O) groups is 1. The number of likely N-dealkylation sites (tertiary alicyclic amines) is 1. The molecule has 2 aromatic heterocycles. The number of amides is 1. The summed E-state index contributed by atoms with van der Waals surface area (Å²) in [6, 6.07) is 9.24. The van der Waals surface area contributed by atoms with Crippen molar-refractivity contribution in [3.63, 3.8) is 0 Å². The summed E-state index contributed by atoms with van der Waals surface area (Å²) in [5.41, 5.74) is 3.84. The van der Waals surface area contributed by atoms with Crippen molar-refractivity contribution in [3.05, 3.63) is 57.3 Å². The second kappa shape index (κ2) is 8.47. The van der Waals surface area contributed by atoms with Crippen molar-refractivity contribution >= 4 is 5.91 Å². The molecule has 3 atom stereocenters. The molecule has 33 heavy (non-hydrogen) atoms. The van der Waals surface area contributed by atoms with Gasteiger partial charge in [0.25, 0.3) is 5.56 Å². The van der Waals surface area contributed by atoms with E-state index in [2.05, 4.69) is 29.8 Å². The fourth-order valence-electron chi connectivity index (χ4n) is 5.96. The Morgan fingerprint density at radius 1 is 1.15 bits per heavy atom. The lowest BCUT2D eigenvalue weighted by atomic mass is 9.77. The highest BCUT2D eigenvalue weighted by Crippen LogP contribution is 2.42. The molecule has 1 amide bonds. The quantitative estimate of drug-likeness (QED) is 0.708. The summed E-state index contributed by atoms with van der Waals surface area (Å²) in [6.45, 7) is 7.58. The molecular formula is C25H32N6O2. The Balaban J connectivity index is 1.46. The van der Waals surface area contributed by atoms with E-state index in [1.165, 1.54) is 0 Å². The number of aromatic nitrogens is 2. The largest absolute Gasteiger partial charge is 0.340 e. The van der Waals surface area contributed by atoms with E-state index in [1.807, 2.05) is 34.7 Å².